The number of methoxy groups -OCH3 is 1. The highest BCUT2D eigenvalue weighted by Crippen LogP contribution is 2.27. The second-order valence-corrected chi connectivity index (χ2v) is 8.59. The number of hydrogen-bond donors (Lipinski definition) is 0. The van der Waals surface area contributed by atoms with Crippen molar-refractivity contribution in [1.29, 1.82) is 0 Å². The van der Waals surface area contributed by atoms with Gasteiger partial charge in [-0.05, 0) is 18.6 Å². The Kier molecular flexibility index (Phi) is 6.24. The van der Waals surface area contributed by atoms with Crippen LogP contribution in [0.5, 0.6) is 0 Å². The number of aromatic nitrogens is 1. The monoisotopic (exact) mass is 377 g/mol. The molecule has 1 saturated heterocycles. The summed E-state index contributed by atoms with van der Waals surface area (Å²) >= 11 is 0. The van der Waals surface area contributed by atoms with Crippen LogP contribution in [0.25, 0.3) is 10.8 Å². The van der Waals surface area contributed by atoms with Crippen LogP contribution in [0.2, 0.25) is 0 Å². The van der Waals surface area contributed by atoms with Gasteiger partial charge in [-0.1, -0.05) is 25.5 Å². The van der Waals surface area contributed by atoms with Gasteiger partial charge in [0.1, 0.15) is 0 Å². The van der Waals surface area contributed by atoms with Gasteiger partial charge < -0.3 is 4.74 Å². The number of pyridine rings is 1. The molecule has 1 atom stereocenters. The van der Waals surface area contributed by atoms with Crippen LogP contribution >= 0.6 is 0 Å². The SMILES string of the molecule is CCC[C@@H]1CN(S(=O)(=O)c2cccc3cnccc23)CCN1CCOC. The van der Waals surface area contributed by atoms with E-state index in [1.54, 1.807) is 42.0 Å². The lowest BCUT2D eigenvalue weighted by Gasteiger charge is -2.40. The van der Waals surface area contributed by atoms with E-state index >= 15 is 0 Å². The van der Waals surface area contributed by atoms with E-state index in [9.17, 15) is 8.42 Å². The van der Waals surface area contributed by atoms with E-state index in [1.165, 1.54) is 0 Å². The number of benzene rings is 1. The Balaban J connectivity index is 1.87. The molecular weight excluding hydrogens is 350 g/mol. The molecule has 2 aromatic rings. The predicted molar refractivity (Wildman–Crippen MR) is 103 cm³/mol. The molecule has 1 aromatic carbocycles. The highest BCUT2D eigenvalue weighted by molar-refractivity contribution is 7.89. The number of hydrogen-bond acceptors (Lipinski definition) is 5. The summed E-state index contributed by atoms with van der Waals surface area (Å²) in [7, 11) is -1.84. The maximum atomic E-state index is 13.3. The van der Waals surface area contributed by atoms with Crippen molar-refractivity contribution >= 4 is 20.8 Å². The molecule has 0 radical (unpaired) electrons. The first-order valence-corrected chi connectivity index (χ1v) is 10.6. The number of nitrogens with zero attached hydrogens (tertiary/aromatic N) is 3. The molecule has 7 heteroatoms. The lowest BCUT2D eigenvalue weighted by atomic mass is 10.1. The number of fused-ring (bicyclic) bond motifs is 1. The predicted octanol–water partition coefficient (Wildman–Crippen LogP) is 2.36. The highest BCUT2D eigenvalue weighted by Gasteiger charge is 2.34. The fourth-order valence-electron chi connectivity index (χ4n) is 3.65. The normalized spacial score (nSPS) is 19.8. The van der Waals surface area contributed by atoms with Crippen LogP contribution in [-0.2, 0) is 14.8 Å². The van der Waals surface area contributed by atoms with Gasteiger partial charge in [0, 0.05) is 62.5 Å². The van der Waals surface area contributed by atoms with Gasteiger partial charge in [0.25, 0.3) is 0 Å². The van der Waals surface area contributed by atoms with E-state index in [-0.39, 0.29) is 6.04 Å². The van der Waals surface area contributed by atoms with Gasteiger partial charge in [-0.2, -0.15) is 4.31 Å². The smallest absolute Gasteiger partial charge is 0.243 e. The van der Waals surface area contributed by atoms with Crippen LogP contribution in [0.3, 0.4) is 0 Å². The molecule has 0 spiro atoms. The topological polar surface area (TPSA) is 62.7 Å². The van der Waals surface area contributed by atoms with Crippen LogP contribution in [0.1, 0.15) is 19.8 Å². The summed E-state index contributed by atoms with van der Waals surface area (Å²) in [6, 6.07) is 7.39. The van der Waals surface area contributed by atoms with Gasteiger partial charge in [-0.25, -0.2) is 8.42 Å². The number of rotatable bonds is 7. The van der Waals surface area contributed by atoms with E-state index in [4.69, 9.17) is 4.74 Å². The molecule has 26 heavy (non-hydrogen) atoms. The highest BCUT2D eigenvalue weighted by atomic mass is 32.2. The van der Waals surface area contributed by atoms with Gasteiger partial charge in [-0.3, -0.25) is 9.88 Å². The molecule has 0 N–H and O–H groups in total. The molecule has 1 aliphatic heterocycles. The Labute approximate surface area is 155 Å². The van der Waals surface area contributed by atoms with Crippen molar-refractivity contribution in [2.24, 2.45) is 0 Å². The molecule has 2 heterocycles. The lowest BCUT2D eigenvalue weighted by molar-refractivity contribution is 0.0758. The third-order valence-electron chi connectivity index (χ3n) is 5.03. The number of piperazine rings is 1. The fraction of sp³-hybridized carbons (Fsp3) is 0.526. The van der Waals surface area contributed by atoms with Crippen LogP contribution in [0, 0.1) is 0 Å². The Morgan fingerprint density at radius 2 is 2.12 bits per heavy atom. The van der Waals surface area contributed by atoms with Crippen LogP contribution in [0.15, 0.2) is 41.6 Å². The molecule has 6 nitrogen and oxygen atoms in total. The molecule has 0 aliphatic carbocycles. The molecule has 3 rings (SSSR count). The molecule has 1 fully saturated rings. The summed E-state index contributed by atoms with van der Waals surface area (Å²) in [5, 5.41) is 1.58. The second kappa shape index (κ2) is 8.43. The fourth-order valence-corrected chi connectivity index (χ4v) is 5.33. The summed E-state index contributed by atoms with van der Waals surface area (Å²) in [6.45, 7) is 5.42. The van der Waals surface area contributed by atoms with Crippen molar-refractivity contribution in [3.05, 3.63) is 36.7 Å². The summed E-state index contributed by atoms with van der Waals surface area (Å²) in [6.07, 6.45) is 5.36. The van der Waals surface area contributed by atoms with Crippen LogP contribution in [0.4, 0.5) is 0 Å². The zero-order chi connectivity index (χ0) is 18.6. The average Bonchev–Trinajstić information content (AvgIpc) is 2.66. The first-order chi connectivity index (χ1) is 12.6. The zero-order valence-corrected chi connectivity index (χ0v) is 16.3. The Bertz CT molecular complexity index is 836. The van der Waals surface area contributed by atoms with Crippen LogP contribution < -0.4 is 0 Å². The summed E-state index contributed by atoms with van der Waals surface area (Å²) < 4.78 is 33.5. The summed E-state index contributed by atoms with van der Waals surface area (Å²) in [5.41, 5.74) is 0. The summed E-state index contributed by atoms with van der Waals surface area (Å²) in [4.78, 5) is 6.82. The first-order valence-electron chi connectivity index (χ1n) is 9.13. The van der Waals surface area contributed by atoms with E-state index < -0.39 is 10.0 Å². The standard InChI is InChI=1S/C19H27N3O3S/c1-3-5-17-15-22(11-10-21(17)12-13-25-2)26(23,24)19-7-4-6-16-14-20-9-8-18(16)19/h4,6-9,14,17H,3,5,10-13,15H2,1-2H3/t17-/m1/s1. The minimum atomic E-state index is -3.54. The minimum absolute atomic E-state index is 0.232. The van der Waals surface area contributed by atoms with E-state index in [0.717, 1.165) is 36.7 Å². The van der Waals surface area contributed by atoms with Gasteiger partial charge in [0.05, 0.1) is 11.5 Å². The average molecular weight is 378 g/mol. The van der Waals surface area contributed by atoms with Gasteiger partial charge in [-0.15, -0.1) is 0 Å². The number of sulfonamides is 1. The third kappa shape index (κ3) is 3.91. The van der Waals surface area contributed by atoms with Gasteiger partial charge in [0.2, 0.25) is 10.0 Å². The maximum Gasteiger partial charge on any atom is 0.243 e. The summed E-state index contributed by atoms with van der Waals surface area (Å²) in [5.74, 6) is 0. The van der Waals surface area contributed by atoms with Crippen molar-refractivity contribution in [2.45, 2.75) is 30.7 Å². The lowest BCUT2D eigenvalue weighted by Crippen LogP contribution is -2.55. The first kappa shape index (κ1) is 19.2. The minimum Gasteiger partial charge on any atom is -0.383 e. The number of ether oxygens (including phenoxy) is 1. The molecule has 0 unspecified atom stereocenters. The van der Waals surface area contributed by atoms with E-state index in [2.05, 4.69) is 16.8 Å². The zero-order valence-electron chi connectivity index (χ0n) is 15.5. The second-order valence-electron chi connectivity index (χ2n) is 6.69. The van der Waals surface area contributed by atoms with Crippen LogP contribution in [-0.4, -0.2) is 68.5 Å². The Morgan fingerprint density at radius 3 is 2.88 bits per heavy atom. The molecular formula is C19H27N3O3S. The van der Waals surface area contributed by atoms with Gasteiger partial charge in [0.15, 0.2) is 0 Å². The van der Waals surface area contributed by atoms with Crippen molar-refractivity contribution in [3.63, 3.8) is 0 Å². The van der Waals surface area contributed by atoms with Crippen molar-refractivity contribution in [2.75, 3.05) is 39.9 Å². The van der Waals surface area contributed by atoms with E-state index in [1.807, 2.05) is 6.07 Å². The van der Waals surface area contributed by atoms with Gasteiger partial charge >= 0.3 is 0 Å². The Hall–Kier alpha value is -1.54. The molecule has 0 saturated carbocycles. The largest absolute Gasteiger partial charge is 0.383 e. The van der Waals surface area contributed by atoms with E-state index in [0.29, 0.717) is 24.6 Å². The third-order valence-corrected chi connectivity index (χ3v) is 6.95. The Morgan fingerprint density at radius 1 is 1.27 bits per heavy atom. The molecule has 1 aromatic heterocycles. The quantitative estimate of drug-likeness (QED) is 0.741. The van der Waals surface area contributed by atoms with Crippen molar-refractivity contribution in [1.82, 2.24) is 14.2 Å². The molecule has 0 bridgehead atoms. The van der Waals surface area contributed by atoms with Crippen molar-refractivity contribution in [3.8, 4) is 0 Å². The molecule has 142 valence electrons. The molecule has 1 aliphatic rings. The molecule has 0 amide bonds. The maximum absolute atomic E-state index is 13.3. The van der Waals surface area contributed by atoms with Crippen molar-refractivity contribution < 1.29 is 13.2 Å².